The van der Waals surface area contributed by atoms with E-state index in [0.717, 1.165) is 11.3 Å². The number of rotatable bonds is 8. The molecule has 1 unspecified atom stereocenters. The van der Waals surface area contributed by atoms with Crippen LogP contribution in [-0.2, 0) is 14.3 Å². The van der Waals surface area contributed by atoms with E-state index in [1.165, 1.54) is 10.9 Å². The molecule has 0 aromatic carbocycles. The quantitative estimate of drug-likeness (QED) is 0.557. The number of aromatic nitrogens is 2. The van der Waals surface area contributed by atoms with Gasteiger partial charge in [-0.3, -0.25) is 14.2 Å². The molecule has 2 rings (SSSR count). The summed E-state index contributed by atoms with van der Waals surface area (Å²) in [5.41, 5.74) is 5.43. The van der Waals surface area contributed by atoms with Crippen molar-refractivity contribution in [1.29, 1.82) is 0 Å². The molecule has 0 aliphatic rings. The van der Waals surface area contributed by atoms with E-state index in [0.29, 0.717) is 40.3 Å². The highest BCUT2D eigenvalue weighted by atomic mass is 32.1. The fraction of sp³-hybridized carbons (Fsp3) is 0.500. The zero-order valence-corrected chi connectivity index (χ0v) is 15.2. The van der Waals surface area contributed by atoms with Gasteiger partial charge in [-0.15, -0.1) is 11.3 Å². The SMILES string of the molecule is CCOCCOC(=O)C(CC)n1cnc2sc(C(N)=O)c(C)c2c1=O. The van der Waals surface area contributed by atoms with Crippen LogP contribution in [0.1, 0.15) is 41.5 Å². The van der Waals surface area contributed by atoms with Crippen molar-refractivity contribution >= 4 is 33.4 Å². The topological polar surface area (TPSA) is 114 Å². The molecule has 0 fully saturated rings. The molecule has 2 aromatic heterocycles. The molecule has 0 spiro atoms. The minimum Gasteiger partial charge on any atom is -0.462 e. The van der Waals surface area contributed by atoms with E-state index in [-0.39, 0.29) is 12.2 Å². The molecule has 2 aromatic rings. The summed E-state index contributed by atoms with van der Waals surface area (Å²) in [6.45, 7) is 6.23. The van der Waals surface area contributed by atoms with E-state index in [1.54, 1.807) is 13.8 Å². The Balaban J connectivity index is 2.36. The molecule has 2 heterocycles. The third-order valence-electron chi connectivity index (χ3n) is 3.77. The van der Waals surface area contributed by atoms with Gasteiger partial charge in [0.25, 0.3) is 11.5 Å². The summed E-state index contributed by atoms with van der Waals surface area (Å²) in [4.78, 5) is 41.5. The summed E-state index contributed by atoms with van der Waals surface area (Å²) in [5.74, 6) is -1.12. The van der Waals surface area contributed by atoms with Crippen molar-refractivity contribution in [2.45, 2.75) is 33.2 Å². The van der Waals surface area contributed by atoms with Crippen LogP contribution in [0.15, 0.2) is 11.1 Å². The van der Waals surface area contributed by atoms with Crippen LogP contribution < -0.4 is 11.3 Å². The lowest BCUT2D eigenvalue weighted by Gasteiger charge is -2.16. The summed E-state index contributed by atoms with van der Waals surface area (Å²) >= 11 is 1.07. The van der Waals surface area contributed by atoms with E-state index < -0.39 is 17.9 Å². The lowest BCUT2D eigenvalue weighted by Crippen LogP contribution is -2.31. The van der Waals surface area contributed by atoms with Crippen molar-refractivity contribution in [2.24, 2.45) is 5.73 Å². The smallest absolute Gasteiger partial charge is 0.329 e. The summed E-state index contributed by atoms with van der Waals surface area (Å²) in [6, 6.07) is -0.789. The highest BCUT2D eigenvalue weighted by Gasteiger charge is 2.24. The molecule has 0 radical (unpaired) electrons. The van der Waals surface area contributed by atoms with Gasteiger partial charge in [-0.2, -0.15) is 0 Å². The molecule has 25 heavy (non-hydrogen) atoms. The van der Waals surface area contributed by atoms with Crippen LogP contribution in [0.2, 0.25) is 0 Å². The molecule has 1 atom stereocenters. The minimum absolute atomic E-state index is 0.122. The van der Waals surface area contributed by atoms with E-state index in [4.69, 9.17) is 15.2 Å². The molecule has 1 amide bonds. The predicted molar refractivity (Wildman–Crippen MR) is 93.9 cm³/mol. The van der Waals surface area contributed by atoms with Crippen LogP contribution in [-0.4, -0.2) is 41.2 Å². The van der Waals surface area contributed by atoms with Gasteiger partial charge in [-0.05, 0) is 25.8 Å². The number of carbonyl (C=O) groups excluding carboxylic acids is 2. The first kappa shape index (κ1) is 19.1. The summed E-state index contributed by atoms with van der Waals surface area (Å²) in [5, 5.41) is 0.307. The third-order valence-corrected chi connectivity index (χ3v) is 4.98. The Bertz CT molecular complexity index is 842. The van der Waals surface area contributed by atoms with E-state index in [2.05, 4.69) is 4.98 Å². The number of aryl methyl sites for hydroxylation is 1. The Hall–Kier alpha value is -2.26. The van der Waals surface area contributed by atoms with Gasteiger partial charge < -0.3 is 15.2 Å². The summed E-state index contributed by atoms with van der Waals surface area (Å²) in [6.07, 6.45) is 1.68. The van der Waals surface area contributed by atoms with E-state index >= 15 is 0 Å². The van der Waals surface area contributed by atoms with Crippen molar-refractivity contribution in [3.8, 4) is 0 Å². The number of carbonyl (C=O) groups is 2. The van der Waals surface area contributed by atoms with Crippen LogP contribution in [0.3, 0.4) is 0 Å². The molecule has 9 heteroatoms. The van der Waals surface area contributed by atoms with Crippen LogP contribution in [0, 0.1) is 6.92 Å². The maximum Gasteiger partial charge on any atom is 0.329 e. The average Bonchev–Trinajstić information content (AvgIpc) is 2.92. The molecule has 0 bridgehead atoms. The predicted octanol–water partition coefficient (Wildman–Crippen LogP) is 1.40. The van der Waals surface area contributed by atoms with Crippen LogP contribution in [0.25, 0.3) is 10.2 Å². The molecular weight excluding hydrogens is 346 g/mol. The largest absolute Gasteiger partial charge is 0.462 e. The summed E-state index contributed by atoms with van der Waals surface area (Å²) < 4.78 is 11.5. The van der Waals surface area contributed by atoms with Crippen LogP contribution in [0.4, 0.5) is 0 Å². The first-order valence-electron chi connectivity index (χ1n) is 7.96. The van der Waals surface area contributed by atoms with Gasteiger partial charge >= 0.3 is 5.97 Å². The first-order chi connectivity index (χ1) is 11.9. The number of amides is 1. The van der Waals surface area contributed by atoms with Crippen molar-refractivity contribution in [2.75, 3.05) is 19.8 Å². The fourth-order valence-electron chi connectivity index (χ4n) is 2.51. The molecule has 0 aliphatic carbocycles. The van der Waals surface area contributed by atoms with Gasteiger partial charge in [0.15, 0.2) is 0 Å². The van der Waals surface area contributed by atoms with Crippen molar-refractivity contribution < 1.29 is 19.1 Å². The zero-order valence-electron chi connectivity index (χ0n) is 14.4. The highest BCUT2D eigenvalue weighted by Crippen LogP contribution is 2.27. The van der Waals surface area contributed by atoms with Gasteiger partial charge in [-0.25, -0.2) is 9.78 Å². The van der Waals surface area contributed by atoms with Crippen LogP contribution in [0.5, 0.6) is 0 Å². The van der Waals surface area contributed by atoms with Crippen molar-refractivity contribution in [3.63, 3.8) is 0 Å². The van der Waals surface area contributed by atoms with E-state index in [1.807, 2.05) is 6.92 Å². The monoisotopic (exact) mass is 367 g/mol. The van der Waals surface area contributed by atoms with Crippen molar-refractivity contribution in [3.05, 3.63) is 27.1 Å². The molecule has 2 N–H and O–H groups in total. The van der Waals surface area contributed by atoms with Gasteiger partial charge in [0, 0.05) is 6.61 Å². The Morgan fingerprint density at radius 2 is 2.08 bits per heavy atom. The molecule has 0 saturated heterocycles. The Kier molecular flexibility index (Phi) is 6.27. The number of primary amides is 1. The normalized spacial score (nSPS) is 12.3. The van der Waals surface area contributed by atoms with Gasteiger partial charge in [0.2, 0.25) is 0 Å². The number of esters is 1. The maximum atomic E-state index is 12.8. The number of nitrogens with zero attached hydrogens (tertiary/aromatic N) is 2. The molecule has 0 saturated carbocycles. The number of fused-ring (bicyclic) bond motifs is 1. The second-order valence-corrected chi connectivity index (χ2v) is 6.35. The minimum atomic E-state index is -0.789. The number of thiophene rings is 1. The number of nitrogens with two attached hydrogens (primary N) is 1. The first-order valence-corrected chi connectivity index (χ1v) is 8.78. The van der Waals surface area contributed by atoms with Crippen molar-refractivity contribution in [1.82, 2.24) is 9.55 Å². The Morgan fingerprint density at radius 1 is 1.36 bits per heavy atom. The molecular formula is C16H21N3O5S. The lowest BCUT2D eigenvalue weighted by atomic mass is 10.2. The zero-order chi connectivity index (χ0) is 18.6. The van der Waals surface area contributed by atoms with Gasteiger partial charge in [-0.1, -0.05) is 6.92 Å². The number of hydrogen-bond acceptors (Lipinski definition) is 7. The number of hydrogen-bond donors (Lipinski definition) is 1. The third kappa shape index (κ3) is 3.88. The molecule has 0 aliphatic heterocycles. The Morgan fingerprint density at radius 3 is 2.68 bits per heavy atom. The number of ether oxygens (including phenoxy) is 2. The fourth-order valence-corrected chi connectivity index (χ4v) is 3.50. The highest BCUT2D eigenvalue weighted by molar-refractivity contribution is 7.20. The van der Waals surface area contributed by atoms with Crippen LogP contribution >= 0.6 is 11.3 Å². The van der Waals surface area contributed by atoms with Gasteiger partial charge in [0.1, 0.15) is 17.5 Å². The Labute approximate surface area is 148 Å². The second-order valence-electron chi connectivity index (χ2n) is 5.35. The maximum absolute atomic E-state index is 12.8. The average molecular weight is 367 g/mol. The molecule has 136 valence electrons. The standard InChI is InChI=1S/C16H21N3O5S/c1-4-10(16(22)24-7-6-23-5-2)19-8-18-14-11(15(19)21)9(3)12(25-14)13(17)20/h8,10H,4-7H2,1-3H3,(H2,17,20). The summed E-state index contributed by atoms with van der Waals surface area (Å²) in [7, 11) is 0. The van der Waals surface area contributed by atoms with E-state index in [9.17, 15) is 14.4 Å². The lowest BCUT2D eigenvalue weighted by molar-refractivity contribution is -0.149. The van der Waals surface area contributed by atoms with Gasteiger partial charge in [0.05, 0.1) is 23.2 Å². The second kappa shape index (κ2) is 8.21. The molecule has 8 nitrogen and oxygen atoms in total.